The molecular formula is C60H61BN2O. The van der Waals surface area contributed by atoms with Crippen molar-refractivity contribution in [2.75, 3.05) is 10.2 Å². The molecule has 7 aromatic carbocycles. The Hall–Kier alpha value is -6.00. The van der Waals surface area contributed by atoms with Crippen LogP contribution in [0.3, 0.4) is 0 Å². The van der Waals surface area contributed by atoms with E-state index in [0.29, 0.717) is 0 Å². The number of benzene rings is 7. The van der Waals surface area contributed by atoms with Crippen LogP contribution in [-0.2, 0) is 21.7 Å². The number of anilines is 5. The van der Waals surface area contributed by atoms with Gasteiger partial charge in [0.15, 0.2) is 7.28 Å². The van der Waals surface area contributed by atoms with Crippen molar-refractivity contribution in [3.8, 4) is 22.3 Å². The molecule has 3 aliphatic rings. The van der Waals surface area contributed by atoms with Gasteiger partial charge in [-0.3, -0.25) is 0 Å². The third-order valence-electron chi connectivity index (χ3n) is 15.8. The number of hydrogen-bond donors (Lipinski definition) is 1. The molecule has 3 nitrogen and oxygen atoms in total. The predicted octanol–water partition coefficient (Wildman–Crippen LogP) is 15.1. The Kier molecular flexibility index (Phi) is 9.08. The number of fused-ring (bicyclic) bond motifs is 7. The average molecular weight is 837 g/mol. The number of para-hydroxylation sites is 1. The van der Waals surface area contributed by atoms with Crippen molar-refractivity contribution in [2.45, 2.75) is 117 Å². The molecule has 11 rings (SSSR count). The maximum atomic E-state index is 6.63. The van der Waals surface area contributed by atoms with Gasteiger partial charge in [0.05, 0.1) is 11.1 Å². The fourth-order valence-electron chi connectivity index (χ4n) is 11.7. The second kappa shape index (κ2) is 14.3. The quantitative estimate of drug-likeness (QED) is 0.175. The van der Waals surface area contributed by atoms with Crippen molar-refractivity contribution < 1.29 is 4.42 Å². The molecule has 64 heavy (non-hydrogen) atoms. The minimum atomic E-state index is 0.0781. The van der Waals surface area contributed by atoms with Crippen LogP contribution in [0.4, 0.5) is 28.4 Å². The number of hydrogen-bond acceptors (Lipinski definition) is 3. The fourth-order valence-corrected chi connectivity index (χ4v) is 11.7. The number of nitrogens with zero attached hydrogens (tertiary/aromatic N) is 1. The number of rotatable bonds is 5. The summed E-state index contributed by atoms with van der Waals surface area (Å²) in [5.41, 5.74) is 24.2. The first-order valence-corrected chi connectivity index (χ1v) is 23.6. The Morgan fingerprint density at radius 1 is 0.516 bits per heavy atom. The van der Waals surface area contributed by atoms with Crippen LogP contribution in [0.5, 0.6) is 0 Å². The minimum absolute atomic E-state index is 0.0781. The van der Waals surface area contributed by atoms with Crippen LogP contribution in [0, 0.1) is 13.8 Å². The molecule has 8 aromatic rings. The van der Waals surface area contributed by atoms with Crippen molar-refractivity contribution in [1.82, 2.24) is 0 Å². The maximum absolute atomic E-state index is 6.63. The first-order valence-electron chi connectivity index (χ1n) is 23.6. The summed E-state index contributed by atoms with van der Waals surface area (Å²) < 4.78 is 6.63. The van der Waals surface area contributed by atoms with Gasteiger partial charge in [-0.2, -0.15) is 0 Å². The highest BCUT2D eigenvalue weighted by Crippen LogP contribution is 2.51. The highest BCUT2D eigenvalue weighted by Gasteiger charge is 2.40. The van der Waals surface area contributed by atoms with Gasteiger partial charge < -0.3 is 14.6 Å². The van der Waals surface area contributed by atoms with E-state index in [1.165, 1.54) is 109 Å². The molecule has 0 atom stereocenters. The Morgan fingerprint density at radius 3 is 1.91 bits per heavy atom. The summed E-state index contributed by atoms with van der Waals surface area (Å²) in [6.07, 6.45) is 4.73. The summed E-state index contributed by atoms with van der Waals surface area (Å²) in [5.74, 6) is 0. The second-order valence-electron chi connectivity index (χ2n) is 22.1. The molecule has 0 fully saturated rings. The molecule has 0 amide bonds. The molecule has 1 aliphatic heterocycles. The molecule has 0 saturated carbocycles. The van der Waals surface area contributed by atoms with Gasteiger partial charge in [-0.25, -0.2) is 0 Å². The lowest BCUT2D eigenvalue weighted by molar-refractivity contribution is 0.332. The molecule has 0 spiro atoms. The number of nitrogens with one attached hydrogen (secondary N) is 1. The normalized spacial score (nSPS) is 17.6. The molecule has 320 valence electrons. The summed E-state index contributed by atoms with van der Waals surface area (Å²) in [6.45, 7) is 24.0. The van der Waals surface area contributed by atoms with Crippen LogP contribution in [0.1, 0.15) is 114 Å². The van der Waals surface area contributed by atoms with Crippen LogP contribution in [0.15, 0.2) is 132 Å². The van der Waals surface area contributed by atoms with E-state index in [0.717, 1.165) is 40.6 Å². The smallest absolute Gasteiger partial charge is 0.198 e. The van der Waals surface area contributed by atoms with E-state index < -0.39 is 0 Å². The minimum Gasteiger partial charge on any atom is -0.456 e. The monoisotopic (exact) mass is 836 g/mol. The SMILES string of the molecule is Cc1cc(-c2ccc3oc4ccccc4c3c2Nc2ccc3c(c2)C(C)(C)CCC3(C)C)c2c(c1)N(c1cc3c(cc1C)C(C)(C)CCC3(C)C)c1ccc(-c3ccccc3)cc1B2. The summed E-state index contributed by atoms with van der Waals surface area (Å²) in [5, 5.41) is 6.36. The lowest BCUT2D eigenvalue weighted by Gasteiger charge is -2.44. The zero-order valence-electron chi connectivity index (χ0n) is 39.5. The molecule has 2 aliphatic carbocycles. The topological polar surface area (TPSA) is 28.4 Å². The summed E-state index contributed by atoms with van der Waals surface area (Å²) >= 11 is 0. The third-order valence-corrected chi connectivity index (χ3v) is 15.8. The molecule has 1 N–H and O–H groups in total. The van der Waals surface area contributed by atoms with Gasteiger partial charge in [0, 0.05) is 33.7 Å². The predicted molar refractivity (Wildman–Crippen MR) is 275 cm³/mol. The Morgan fingerprint density at radius 2 is 1.17 bits per heavy atom. The van der Waals surface area contributed by atoms with Crippen LogP contribution >= 0.6 is 0 Å². The third kappa shape index (κ3) is 6.46. The van der Waals surface area contributed by atoms with Gasteiger partial charge in [0.1, 0.15) is 11.2 Å². The van der Waals surface area contributed by atoms with Gasteiger partial charge >= 0.3 is 0 Å². The molecule has 4 heteroatoms. The average Bonchev–Trinajstić information content (AvgIpc) is 3.66. The molecule has 0 saturated heterocycles. The lowest BCUT2D eigenvalue weighted by atomic mass is 9.57. The highest BCUT2D eigenvalue weighted by molar-refractivity contribution is 6.73. The van der Waals surface area contributed by atoms with E-state index in [-0.39, 0.29) is 21.7 Å². The van der Waals surface area contributed by atoms with E-state index in [1.807, 2.05) is 0 Å². The Labute approximate surface area is 381 Å². The lowest BCUT2D eigenvalue weighted by Crippen LogP contribution is -2.41. The van der Waals surface area contributed by atoms with Crippen LogP contribution in [-0.4, -0.2) is 7.28 Å². The van der Waals surface area contributed by atoms with Gasteiger partial charge in [0.25, 0.3) is 0 Å². The summed E-state index contributed by atoms with van der Waals surface area (Å²) in [6, 6.07) is 48.1. The molecule has 1 aromatic heterocycles. The van der Waals surface area contributed by atoms with Crippen LogP contribution in [0.2, 0.25) is 0 Å². The van der Waals surface area contributed by atoms with E-state index in [4.69, 9.17) is 4.42 Å². The first-order chi connectivity index (χ1) is 30.5. The second-order valence-corrected chi connectivity index (χ2v) is 22.1. The zero-order chi connectivity index (χ0) is 44.5. The summed E-state index contributed by atoms with van der Waals surface area (Å²) in [4.78, 5) is 2.61. The molecule has 0 bridgehead atoms. The highest BCUT2D eigenvalue weighted by atomic mass is 16.3. The fraction of sp³-hybridized carbons (Fsp3) is 0.300. The van der Waals surface area contributed by atoms with Crippen molar-refractivity contribution >= 4 is 68.6 Å². The zero-order valence-corrected chi connectivity index (χ0v) is 39.5. The van der Waals surface area contributed by atoms with Crippen LogP contribution < -0.4 is 21.1 Å². The first kappa shape index (κ1) is 40.8. The van der Waals surface area contributed by atoms with Crippen molar-refractivity contribution in [3.63, 3.8) is 0 Å². The van der Waals surface area contributed by atoms with Gasteiger partial charge in [-0.05, 0) is 165 Å². The largest absolute Gasteiger partial charge is 0.456 e. The Bertz CT molecular complexity index is 3200. The van der Waals surface area contributed by atoms with E-state index in [1.54, 1.807) is 0 Å². The van der Waals surface area contributed by atoms with Crippen molar-refractivity contribution in [2.24, 2.45) is 0 Å². The summed E-state index contributed by atoms with van der Waals surface area (Å²) in [7, 11) is 0.811. The van der Waals surface area contributed by atoms with Gasteiger partial charge in [0.2, 0.25) is 0 Å². The number of furan rings is 1. The van der Waals surface area contributed by atoms with E-state index >= 15 is 0 Å². The number of aryl methyl sites for hydroxylation is 2. The van der Waals surface area contributed by atoms with Crippen molar-refractivity contribution in [1.29, 1.82) is 0 Å². The molecule has 2 heterocycles. The van der Waals surface area contributed by atoms with E-state index in [9.17, 15) is 0 Å². The van der Waals surface area contributed by atoms with E-state index in [2.05, 4.69) is 207 Å². The molecule has 0 unspecified atom stereocenters. The van der Waals surface area contributed by atoms with Gasteiger partial charge in [-0.15, -0.1) is 0 Å². The molecule has 0 radical (unpaired) electrons. The van der Waals surface area contributed by atoms with Gasteiger partial charge in [-0.1, -0.05) is 140 Å². The Balaban J connectivity index is 1.17. The maximum Gasteiger partial charge on any atom is 0.198 e. The van der Waals surface area contributed by atoms with Crippen LogP contribution in [0.25, 0.3) is 44.2 Å². The van der Waals surface area contributed by atoms with Crippen molar-refractivity contribution in [3.05, 3.63) is 161 Å². The molecular weight excluding hydrogens is 775 g/mol. The standard InChI is InChI=1S/C60H61BN2O/c1-36-30-43(41-22-25-53-54(42-18-14-15-19-52(42)64-53)56(41)62-40-21-23-44-46(34-40)59(7,8)27-26-57(44,3)4)55-51(31-36)63(49-24-20-39(33-48(49)61-55)38-16-12-11-13-17-38)50-35-47-45(32-37(50)2)58(5,6)28-29-60(47,9)10/h11-25,30-35,61-62H,26-29H2,1-10H3.